The summed E-state index contributed by atoms with van der Waals surface area (Å²) in [6.07, 6.45) is 12.8. The van der Waals surface area contributed by atoms with Crippen LogP contribution < -0.4 is 0 Å². The molecule has 140 valence electrons. The van der Waals surface area contributed by atoms with E-state index in [1.807, 2.05) is 0 Å². The number of hydrogen-bond acceptors (Lipinski definition) is 1. The fourth-order valence-corrected chi connectivity index (χ4v) is 7.74. The highest BCUT2D eigenvalue weighted by atomic mass is 16.3. The quantitative estimate of drug-likeness (QED) is 0.650. The van der Waals surface area contributed by atoms with Crippen LogP contribution in [0.1, 0.15) is 70.8 Å². The van der Waals surface area contributed by atoms with E-state index in [1.165, 1.54) is 50.5 Å². The van der Waals surface area contributed by atoms with Crippen LogP contribution in [0.25, 0.3) is 5.57 Å². The van der Waals surface area contributed by atoms with Gasteiger partial charge in [-0.3, -0.25) is 0 Å². The Balaban J connectivity index is 1.43. The van der Waals surface area contributed by atoms with Gasteiger partial charge in [0, 0.05) is 0 Å². The number of benzene rings is 1. The van der Waals surface area contributed by atoms with Crippen molar-refractivity contribution >= 4 is 5.57 Å². The summed E-state index contributed by atoms with van der Waals surface area (Å²) in [6, 6.07) is 11.0. The maximum Gasteiger partial charge on any atom is 0.0596 e. The minimum absolute atomic E-state index is 0.0464. The molecule has 1 aromatic rings. The molecule has 1 aromatic carbocycles. The summed E-state index contributed by atoms with van der Waals surface area (Å²) in [6.45, 7) is 5.01. The van der Waals surface area contributed by atoms with E-state index in [2.05, 4.69) is 50.3 Å². The molecular formula is C25H34O. The van der Waals surface area contributed by atoms with E-state index in [-0.39, 0.29) is 11.5 Å². The van der Waals surface area contributed by atoms with Crippen LogP contribution in [0, 0.1) is 34.5 Å². The zero-order valence-corrected chi connectivity index (χ0v) is 16.5. The van der Waals surface area contributed by atoms with E-state index in [1.54, 1.807) is 5.57 Å². The van der Waals surface area contributed by atoms with Gasteiger partial charge in [0.1, 0.15) is 0 Å². The number of hydrogen-bond donors (Lipinski definition) is 1. The Morgan fingerprint density at radius 1 is 0.885 bits per heavy atom. The molecule has 0 radical (unpaired) electrons. The Bertz CT molecular complexity index is 706. The third-order valence-corrected chi connectivity index (χ3v) is 9.41. The average molecular weight is 351 g/mol. The summed E-state index contributed by atoms with van der Waals surface area (Å²) in [4.78, 5) is 0. The van der Waals surface area contributed by atoms with Gasteiger partial charge < -0.3 is 5.11 Å². The van der Waals surface area contributed by atoms with E-state index >= 15 is 0 Å². The minimum Gasteiger partial charge on any atom is -0.393 e. The molecule has 0 heterocycles. The van der Waals surface area contributed by atoms with Gasteiger partial charge in [0.2, 0.25) is 0 Å². The van der Waals surface area contributed by atoms with Gasteiger partial charge in [0.15, 0.2) is 0 Å². The molecule has 3 saturated carbocycles. The fraction of sp³-hybridized carbons (Fsp3) is 0.680. The monoisotopic (exact) mass is 350 g/mol. The SMILES string of the molecule is C[C@]12CC=C(c3ccccc3)C[C@@H]1CC[C@H]1[C@H]2CC[C@]2(C)[C@@H](O)CC[C@@H]12. The van der Waals surface area contributed by atoms with Gasteiger partial charge in [-0.05, 0) is 97.0 Å². The zero-order valence-electron chi connectivity index (χ0n) is 16.5. The fourth-order valence-electron chi connectivity index (χ4n) is 7.74. The first kappa shape index (κ1) is 17.0. The van der Waals surface area contributed by atoms with Gasteiger partial charge in [-0.25, -0.2) is 0 Å². The third-order valence-electron chi connectivity index (χ3n) is 9.41. The molecule has 4 aliphatic rings. The Labute approximate surface area is 158 Å². The smallest absolute Gasteiger partial charge is 0.0596 e. The number of fused-ring (bicyclic) bond motifs is 5. The average Bonchev–Trinajstić information content (AvgIpc) is 2.97. The van der Waals surface area contributed by atoms with Crippen molar-refractivity contribution in [3.8, 4) is 0 Å². The maximum absolute atomic E-state index is 10.6. The van der Waals surface area contributed by atoms with Crippen molar-refractivity contribution in [3.63, 3.8) is 0 Å². The van der Waals surface area contributed by atoms with E-state index in [9.17, 15) is 5.11 Å². The lowest BCUT2D eigenvalue weighted by Crippen LogP contribution is -2.53. The van der Waals surface area contributed by atoms with Gasteiger partial charge in [0.05, 0.1) is 6.10 Å². The molecule has 0 aromatic heterocycles. The standard InChI is InChI=1S/C25H34O/c1-24-14-12-18(17-6-4-3-5-7-17)16-19(24)8-9-20-21-10-11-23(26)25(21,2)15-13-22(20)24/h3-7,12,19-23,26H,8-11,13-16H2,1-2H3/t19-,20+,21-,22+,23-,24-,25-/m0/s1. The van der Waals surface area contributed by atoms with Crippen molar-refractivity contribution in [1.29, 1.82) is 0 Å². The van der Waals surface area contributed by atoms with Crippen LogP contribution in [0.3, 0.4) is 0 Å². The van der Waals surface area contributed by atoms with E-state index in [0.29, 0.717) is 5.41 Å². The Hall–Kier alpha value is -1.08. The first-order chi connectivity index (χ1) is 12.5. The van der Waals surface area contributed by atoms with Crippen LogP contribution >= 0.6 is 0 Å². The first-order valence-corrected chi connectivity index (χ1v) is 10.9. The molecule has 4 aliphatic carbocycles. The van der Waals surface area contributed by atoms with Gasteiger partial charge in [0.25, 0.3) is 0 Å². The van der Waals surface area contributed by atoms with Crippen molar-refractivity contribution in [2.45, 2.75) is 71.3 Å². The third kappa shape index (κ3) is 2.32. The molecule has 0 bridgehead atoms. The summed E-state index contributed by atoms with van der Waals surface area (Å²) >= 11 is 0. The summed E-state index contributed by atoms with van der Waals surface area (Å²) in [5.41, 5.74) is 3.72. The molecule has 1 nitrogen and oxygen atoms in total. The second kappa shape index (κ2) is 5.96. The highest BCUT2D eigenvalue weighted by Crippen LogP contribution is 2.66. The molecule has 3 fully saturated rings. The molecular weight excluding hydrogens is 316 g/mol. The van der Waals surface area contributed by atoms with Crippen LogP contribution in [-0.2, 0) is 0 Å². The molecule has 26 heavy (non-hydrogen) atoms. The largest absolute Gasteiger partial charge is 0.393 e. The van der Waals surface area contributed by atoms with E-state index < -0.39 is 0 Å². The highest BCUT2D eigenvalue weighted by molar-refractivity contribution is 5.66. The second-order valence-electron chi connectivity index (χ2n) is 10.3. The molecule has 0 unspecified atom stereocenters. The van der Waals surface area contributed by atoms with Crippen molar-refractivity contribution in [3.05, 3.63) is 42.0 Å². The minimum atomic E-state index is -0.0464. The van der Waals surface area contributed by atoms with Crippen LogP contribution in [0.4, 0.5) is 0 Å². The summed E-state index contributed by atoms with van der Waals surface area (Å²) in [5, 5.41) is 10.6. The highest BCUT2D eigenvalue weighted by Gasteiger charge is 2.59. The van der Waals surface area contributed by atoms with Crippen molar-refractivity contribution < 1.29 is 5.11 Å². The summed E-state index contributed by atoms with van der Waals surface area (Å²) < 4.78 is 0. The Kier molecular flexibility index (Phi) is 3.91. The predicted octanol–water partition coefficient (Wildman–Crippen LogP) is 6.08. The van der Waals surface area contributed by atoms with Gasteiger partial charge in [-0.2, -0.15) is 0 Å². The topological polar surface area (TPSA) is 20.2 Å². The predicted molar refractivity (Wildman–Crippen MR) is 108 cm³/mol. The van der Waals surface area contributed by atoms with Crippen LogP contribution in [-0.4, -0.2) is 11.2 Å². The van der Waals surface area contributed by atoms with Gasteiger partial charge >= 0.3 is 0 Å². The van der Waals surface area contributed by atoms with E-state index in [0.717, 1.165) is 30.1 Å². The molecule has 0 saturated heterocycles. The van der Waals surface area contributed by atoms with Crippen LogP contribution in [0.2, 0.25) is 0 Å². The lowest BCUT2D eigenvalue weighted by molar-refractivity contribution is -0.108. The molecule has 5 rings (SSSR count). The Morgan fingerprint density at radius 3 is 2.46 bits per heavy atom. The maximum atomic E-state index is 10.6. The summed E-state index contributed by atoms with van der Waals surface area (Å²) in [5.74, 6) is 3.35. The van der Waals surface area contributed by atoms with Crippen LogP contribution in [0.5, 0.6) is 0 Å². The molecule has 1 heteroatoms. The number of allylic oxidation sites excluding steroid dienone is 2. The molecule has 0 spiro atoms. The van der Waals surface area contributed by atoms with Gasteiger partial charge in [-0.15, -0.1) is 0 Å². The lowest BCUT2D eigenvalue weighted by atomic mass is 9.45. The first-order valence-electron chi connectivity index (χ1n) is 10.9. The number of aliphatic hydroxyl groups is 1. The second-order valence-corrected chi connectivity index (χ2v) is 10.3. The van der Waals surface area contributed by atoms with Crippen molar-refractivity contribution in [2.75, 3.05) is 0 Å². The Morgan fingerprint density at radius 2 is 1.65 bits per heavy atom. The number of rotatable bonds is 1. The summed E-state index contributed by atoms with van der Waals surface area (Å²) in [7, 11) is 0. The van der Waals surface area contributed by atoms with Crippen molar-refractivity contribution in [2.24, 2.45) is 34.5 Å². The van der Waals surface area contributed by atoms with Gasteiger partial charge in [-0.1, -0.05) is 50.3 Å². The molecule has 0 amide bonds. The number of aliphatic hydroxyl groups excluding tert-OH is 1. The molecule has 0 aliphatic heterocycles. The normalized spacial score (nSPS) is 47.5. The van der Waals surface area contributed by atoms with Crippen LogP contribution in [0.15, 0.2) is 36.4 Å². The molecule has 1 N–H and O–H groups in total. The lowest BCUT2D eigenvalue weighted by Gasteiger charge is -2.59. The van der Waals surface area contributed by atoms with Crippen molar-refractivity contribution in [1.82, 2.24) is 0 Å². The molecule has 7 atom stereocenters. The zero-order chi connectivity index (χ0) is 17.9. The van der Waals surface area contributed by atoms with E-state index in [4.69, 9.17) is 0 Å².